The van der Waals surface area contributed by atoms with Gasteiger partial charge in [-0.25, -0.2) is 31.1 Å². The Labute approximate surface area is 160 Å². The number of rotatable bonds is 3. The van der Waals surface area contributed by atoms with E-state index in [9.17, 15) is 26.4 Å². The highest BCUT2D eigenvalue weighted by atomic mass is 32.2. The van der Waals surface area contributed by atoms with E-state index >= 15 is 0 Å². The molecule has 3 heterocycles. The molecule has 1 N–H and O–H groups in total. The molecule has 4 aromatic rings. The Morgan fingerprint density at radius 1 is 1.10 bits per heavy atom. The van der Waals surface area contributed by atoms with Crippen LogP contribution in [0.15, 0.2) is 46.5 Å². The van der Waals surface area contributed by atoms with Crippen LogP contribution in [0.3, 0.4) is 0 Å². The maximum Gasteiger partial charge on any atom is 0.295 e. The van der Waals surface area contributed by atoms with Gasteiger partial charge in [0, 0.05) is 18.0 Å². The number of nitrogens with zero attached hydrogens (tertiary/aromatic N) is 4. The number of aromatic amines is 1. The minimum Gasteiger partial charge on any atom is -0.293 e. The van der Waals surface area contributed by atoms with Gasteiger partial charge in [-0.3, -0.25) is 14.8 Å². The summed E-state index contributed by atoms with van der Waals surface area (Å²) in [6.07, 6.45) is 2.25. The average molecular weight is 421 g/mol. The van der Waals surface area contributed by atoms with Crippen LogP contribution in [-0.2, 0) is 9.84 Å². The zero-order valence-corrected chi connectivity index (χ0v) is 15.3. The van der Waals surface area contributed by atoms with E-state index in [-0.39, 0.29) is 28.3 Å². The van der Waals surface area contributed by atoms with Gasteiger partial charge in [0.15, 0.2) is 17.5 Å². The van der Waals surface area contributed by atoms with E-state index in [4.69, 9.17) is 0 Å². The molecule has 12 heteroatoms. The van der Waals surface area contributed by atoms with Crippen LogP contribution in [0.2, 0.25) is 0 Å². The summed E-state index contributed by atoms with van der Waals surface area (Å²) in [7, 11) is -3.93. The summed E-state index contributed by atoms with van der Waals surface area (Å²) in [5.74, 6) is -4.63. The first-order valence-electron chi connectivity index (χ1n) is 7.96. The second kappa shape index (κ2) is 6.51. The number of pyridine rings is 1. The highest BCUT2D eigenvalue weighted by molar-refractivity contribution is 7.90. The number of hydrogen-bond acceptors (Lipinski definition) is 6. The first-order valence-corrected chi connectivity index (χ1v) is 9.85. The van der Waals surface area contributed by atoms with Gasteiger partial charge >= 0.3 is 0 Å². The van der Waals surface area contributed by atoms with Gasteiger partial charge in [-0.15, -0.1) is 5.10 Å². The third-order valence-electron chi connectivity index (χ3n) is 3.98. The lowest BCUT2D eigenvalue weighted by Gasteiger charge is -2.07. The molecule has 148 valence electrons. The molecular formula is C17H10F3N5O3S. The highest BCUT2D eigenvalue weighted by Crippen LogP contribution is 2.32. The molecule has 0 saturated heterocycles. The van der Waals surface area contributed by atoms with Crippen molar-refractivity contribution in [3.63, 3.8) is 0 Å². The monoisotopic (exact) mass is 421 g/mol. The number of nitrogens with one attached hydrogen (secondary N) is 1. The second-order valence-electron chi connectivity index (χ2n) is 6.04. The summed E-state index contributed by atoms with van der Waals surface area (Å²) in [5.41, 5.74) is -1.36. The van der Waals surface area contributed by atoms with Gasteiger partial charge < -0.3 is 0 Å². The molecule has 1 aromatic carbocycles. The molecule has 0 aliphatic carbocycles. The molecule has 0 aliphatic rings. The normalized spacial score (nSPS) is 11.9. The summed E-state index contributed by atoms with van der Waals surface area (Å²) in [5, 5.41) is 3.18. The SMILES string of the molecule is CS(=O)(=O)c1nn2c(-c3cc(F)c(F)c(F)c3)c(-c3ccccn3)nc2c(=O)[nH]1. The van der Waals surface area contributed by atoms with Crippen LogP contribution < -0.4 is 5.56 Å². The Morgan fingerprint density at radius 2 is 1.79 bits per heavy atom. The van der Waals surface area contributed by atoms with E-state index in [1.54, 1.807) is 12.1 Å². The number of sulfone groups is 1. The van der Waals surface area contributed by atoms with Crippen LogP contribution in [0, 0.1) is 17.5 Å². The van der Waals surface area contributed by atoms with Gasteiger partial charge in [-0.2, -0.15) is 0 Å². The highest BCUT2D eigenvalue weighted by Gasteiger charge is 2.24. The molecule has 0 spiro atoms. The number of fused-ring (bicyclic) bond motifs is 1. The number of H-pyrrole nitrogens is 1. The standard InChI is InChI=1S/C17H10F3N5O3S/c1-29(27,28)17-23-16(26)15-22-13(11-4-2-3-5-21-11)14(25(15)24-17)8-6-9(18)12(20)10(19)7-8/h2-7H,1H3,(H,23,24,26). The largest absolute Gasteiger partial charge is 0.295 e. The topological polar surface area (TPSA) is 110 Å². The maximum absolute atomic E-state index is 13.9. The molecule has 0 aliphatic heterocycles. The summed E-state index contributed by atoms with van der Waals surface area (Å²) in [6.45, 7) is 0. The third kappa shape index (κ3) is 3.16. The van der Waals surface area contributed by atoms with Crippen LogP contribution in [-0.4, -0.2) is 39.2 Å². The first-order chi connectivity index (χ1) is 13.7. The lowest BCUT2D eigenvalue weighted by Crippen LogP contribution is -2.19. The summed E-state index contributed by atoms with van der Waals surface area (Å²) >= 11 is 0. The minimum atomic E-state index is -3.93. The molecule has 0 saturated carbocycles. The Balaban J connectivity index is 2.17. The molecule has 29 heavy (non-hydrogen) atoms. The maximum atomic E-state index is 13.9. The van der Waals surface area contributed by atoms with Gasteiger partial charge in [0.05, 0.1) is 5.69 Å². The van der Waals surface area contributed by atoms with Gasteiger partial charge in [-0.05, 0) is 24.3 Å². The predicted molar refractivity (Wildman–Crippen MR) is 95.3 cm³/mol. The van der Waals surface area contributed by atoms with Crippen molar-refractivity contribution in [1.29, 1.82) is 0 Å². The molecule has 0 fully saturated rings. The summed E-state index contributed by atoms with van der Waals surface area (Å²) < 4.78 is 65.7. The number of imidazole rings is 1. The Kier molecular flexibility index (Phi) is 4.22. The molecule has 0 atom stereocenters. The van der Waals surface area contributed by atoms with E-state index in [0.717, 1.165) is 10.8 Å². The molecular weight excluding hydrogens is 411 g/mol. The molecule has 0 unspecified atom stereocenters. The van der Waals surface area contributed by atoms with Crippen molar-refractivity contribution < 1.29 is 21.6 Å². The van der Waals surface area contributed by atoms with Gasteiger partial charge in [0.1, 0.15) is 11.4 Å². The van der Waals surface area contributed by atoms with Crippen LogP contribution in [0.5, 0.6) is 0 Å². The fourth-order valence-corrected chi connectivity index (χ4v) is 3.23. The fraction of sp³-hybridized carbons (Fsp3) is 0.0588. The first kappa shape index (κ1) is 18.8. The van der Waals surface area contributed by atoms with E-state index < -0.39 is 38.0 Å². The van der Waals surface area contributed by atoms with E-state index in [1.165, 1.54) is 12.3 Å². The van der Waals surface area contributed by atoms with Crippen molar-refractivity contribution in [2.24, 2.45) is 0 Å². The summed E-state index contributed by atoms with van der Waals surface area (Å²) in [6, 6.07) is 6.13. The van der Waals surface area contributed by atoms with Crippen LogP contribution in [0.1, 0.15) is 0 Å². The second-order valence-corrected chi connectivity index (χ2v) is 7.98. The lowest BCUT2D eigenvalue weighted by atomic mass is 10.1. The van der Waals surface area contributed by atoms with Crippen molar-refractivity contribution in [2.45, 2.75) is 5.16 Å². The van der Waals surface area contributed by atoms with Crippen molar-refractivity contribution in [1.82, 2.24) is 24.6 Å². The van der Waals surface area contributed by atoms with E-state index in [0.29, 0.717) is 12.1 Å². The molecule has 0 radical (unpaired) electrons. The molecule has 0 amide bonds. The number of hydrogen-bond donors (Lipinski definition) is 1. The number of halogens is 3. The minimum absolute atomic E-state index is 0.000316. The van der Waals surface area contributed by atoms with Crippen molar-refractivity contribution in [3.8, 4) is 22.6 Å². The van der Waals surface area contributed by atoms with Crippen LogP contribution in [0.25, 0.3) is 28.3 Å². The molecule has 3 aromatic heterocycles. The summed E-state index contributed by atoms with van der Waals surface area (Å²) in [4.78, 5) is 22.7. The smallest absolute Gasteiger partial charge is 0.293 e. The lowest BCUT2D eigenvalue weighted by molar-refractivity contribution is 0.447. The fourth-order valence-electron chi connectivity index (χ4n) is 2.73. The Morgan fingerprint density at radius 3 is 2.38 bits per heavy atom. The molecule has 8 nitrogen and oxygen atoms in total. The van der Waals surface area contributed by atoms with E-state index in [1.807, 2.05) is 0 Å². The predicted octanol–water partition coefficient (Wildman–Crippen LogP) is 1.97. The van der Waals surface area contributed by atoms with Gasteiger partial charge in [-0.1, -0.05) is 6.07 Å². The van der Waals surface area contributed by atoms with Crippen molar-refractivity contribution >= 4 is 15.5 Å². The Hall–Kier alpha value is -3.54. The number of aromatic nitrogens is 5. The molecule has 4 rings (SSSR count). The molecule has 0 bridgehead atoms. The van der Waals surface area contributed by atoms with Gasteiger partial charge in [0.25, 0.3) is 5.56 Å². The van der Waals surface area contributed by atoms with Crippen LogP contribution >= 0.6 is 0 Å². The Bertz CT molecular complexity index is 1410. The van der Waals surface area contributed by atoms with E-state index in [2.05, 4.69) is 20.1 Å². The van der Waals surface area contributed by atoms with Crippen LogP contribution in [0.4, 0.5) is 13.2 Å². The average Bonchev–Trinajstić information content (AvgIpc) is 3.06. The quantitative estimate of drug-likeness (QED) is 0.507. The number of benzene rings is 1. The zero-order chi connectivity index (χ0) is 20.9. The third-order valence-corrected chi connectivity index (χ3v) is 4.87. The van der Waals surface area contributed by atoms with Gasteiger partial charge in [0.2, 0.25) is 20.6 Å². The zero-order valence-electron chi connectivity index (χ0n) is 14.5. The van der Waals surface area contributed by atoms with Crippen molar-refractivity contribution in [3.05, 3.63) is 64.3 Å². The van der Waals surface area contributed by atoms with Crippen molar-refractivity contribution in [2.75, 3.05) is 6.26 Å².